The molecule has 5 aliphatic rings. The topological polar surface area (TPSA) is 176 Å². The summed E-state index contributed by atoms with van der Waals surface area (Å²) in [5, 5.41) is 28.1. The quantitative estimate of drug-likeness (QED) is 0.0546. The van der Waals surface area contributed by atoms with Crippen molar-refractivity contribution in [3.05, 3.63) is 82.9 Å². The predicted molar refractivity (Wildman–Crippen MR) is 274 cm³/mol. The summed E-state index contributed by atoms with van der Waals surface area (Å²) in [6, 6.07) is 16.0. The van der Waals surface area contributed by atoms with E-state index in [2.05, 4.69) is 19.2 Å². The molecule has 3 aliphatic carbocycles. The van der Waals surface area contributed by atoms with Gasteiger partial charge in [-0.05, 0) is 67.4 Å². The summed E-state index contributed by atoms with van der Waals surface area (Å²) in [6.45, 7) is 16.1. The van der Waals surface area contributed by atoms with Crippen molar-refractivity contribution in [1.82, 2.24) is 5.32 Å². The maximum Gasteiger partial charge on any atom is 0.509 e. The van der Waals surface area contributed by atoms with Gasteiger partial charge in [0.05, 0.1) is 36.4 Å². The third-order valence-electron chi connectivity index (χ3n) is 17.8. The number of nitrogens with one attached hydrogen (secondary N) is 1. The van der Waals surface area contributed by atoms with Gasteiger partial charge in [-0.1, -0.05) is 167 Å². The molecule has 1 amide bonds. The summed E-state index contributed by atoms with van der Waals surface area (Å²) < 4.78 is 36.1. The standard InChI is InChI=1S/C59H85NO12/c1-9-10-11-12-13-14-15-16-17-18-19-20-27-32-47-67-35-43(70-47)36-68-55(65)72-50(49(41-28-23-21-24-29-41)60-53(63)42-30-25-22-26-31-42)54(64)71-44-34-59(66)40(4)51-57(7)37-69-46(57)33-45(61)58(51,8)52(62)39(3)48(38(44)2)56(59,5)6/h21-26,28-31,39-40,43-47,49-51,61,66H,9-20,27,32-37H2,1-8H3,(H,60,63)/t39-,40+,43?,44+,45+,46-,47?,49+,50-,51-,57-,58-,59-/m1/s1. The van der Waals surface area contributed by atoms with Crippen LogP contribution < -0.4 is 5.32 Å². The fraction of sp³-hybridized carbons (Fsp3) is 0.695. The highest BCUT2D eigenvalue weighted by molar-refractivity contribution is 5.95. The van der Waals surface area contributed by atoms with Crippen LogP contribution in [-0.2, 0) is 38.0 Å². The number of ketones is 1. The molecule has 13 nitrogen and oxygen atoms in total. The molecule has 2 aliphatic heterocycles. The molecule has 0 radical (unpaired) electrons. The van der Waals surface area contributed by atoms with Gasteiger partial charge in [0.15, 0.2) is 6.29 Å². The van der Waals surface area contributed by atoms with E-state index in [1.807, 2.05) is 41.5 Å². The Balaban J connectivity index is 1.05. The highest BCUT2D eigenvalue weighted by Crippen LogP contribution is 2.67. The molecule has 2 unspecified atom stereocenters. The van der Waals surface area contributed by atoms with Gasteiger partial charge in [0, 0.05) is 35.2 Å². The van der Waals surface area contributed by atoms with Gasteiger partial charge in [0.25, 0.3) is 5.91 Å². The van der Waals surface area contributed by atoms with E-state index >= 15 is 9.59 Å². The first-order valence-electron chi connectivity index (χ1n) is 27.4. The molecule has 2 heterocycles. The number of aliphatic hydroxyl groups excluding tert-OH is 1. The first kappa shape index (κ1) is 55.6. The van der Waals surface area contributed by atoms with Crippen LogP contribution in [0, 0.1) is 34.0 Å². The number of hydrogen-bond donors (Lipinski definition) is 3. The van der Waals surface area contributed by atoms with Gasteiger partial charge in [-0.15, -0.1) is 0 Å². The largest absolute Gasteiger partial charge is 0.509 e. The Morgan fingerprint density at radius 2 is 1.43 bits per heavy atom. The normalized spacial score (nSPS) is 32.5. The number of esters is 1. The molecule has 2 aromatic carbocycles. The lowest BCUT2D eigenvalue weighted by Crippen LogP contribution is -2.74. The van der Waals surface area contributed by atoms with Crippen LogP contribution in [0.5, 0.6) is 0 Å². The lowest BCUT2D eigenvalue weighted by molar-refractivity contribution is -0.301. The number of hydrogen-bond acceptors (Lipinski definition) is 12. The molecule has 13 atom stereocenters. The van der Waals surface area contributed by atoms with Crippen LogP contribution in [0.25, 0.3) is 0 Å². The molecule has 398 valence electrons. The molecule has 7 rings (SSSR count). The maximum absolute atomic E-state index is 15.1. The predicted octanol–water partition coefficient (Wildman–Crippen LogP) is 10.9. The van der Waals surface area contributed by atoms with Crippen molar-refractivity contribution in [3.63, 3.8) is 0 Å². The third kappa shape index (κ3) is 11.6. The zero-order valence-corrected chi connectivity index (χ0v) is 44.5. The number of benzene rings is 2. The Morgan fingerprint density at radius 3 is 2.03 bits per heavy atom. The molecule has 4 fully saturated rings. The number of carbonyl (C=O) groups is 4. The average Bonchev–Trinajstić information content (AvgIpc) is 3.83. The summed E-state index contributed by atoms with van der Waals surface area (Å²) in [7, 11) is 0. The Bertz CT molecular complexity index is 2180. The fourth-order valence-electron chi connectivity index (χ4n) is 13.7. The first-order chi connectivity index (χ1) is 34.4. The van der Waals surface area contributed by atoms with E-state index in [1.165, 1.54) is 70.6 Å². The molecular formula is C59H85NO12. The number of Topliss-reactive ketones (excluding diaryl/α,β-unsaturated/α-hetero) is 1. The molecule has 0 aromatic heterocycles. The van der Waals surface area contributed by atoms with Gasteiger partial charge < -0.3 is 44.0 Å². The van der Waals surface area contributed by atoms with Gasteiger partial charge >= 0.3 is 12.1 Å². The van der Waals surface area contributed by atoms with Crippen molar-refractivity contribution in [3.8, 4) is 0 Å². The molecular weight excluding hydrogens is 915 g/mol. The number of rotatable bonds is 23. The van der Waals surface area contributed by atoms with Gasteiger partial charge in [0.2, 0.25) is 6.10 Å². The monoisotopic (exact) mass is 1000 g/mol. The van der Waals surface area contributed by atoms with Crippen molar-refractivity contribution in [2.24, 2.45) is 34.0 Å². The molecule has 2 saturated heterocycles. The Hall–Kier alpha value is -4.14. The van der Waals surface area contributed by atoms with Crippen LogP contribution >= 0.6 is 0 Å². The second-order valence-electron chi connectivity index (χ2n) is 22.8. The zero-order valence-electron chi connectivity index (χ0n) is 44.5. The van der Waals surface area contributed by atoms with E-state index in [0.717, 1.165) is 19.3 Å². The van der Waals surface area contributed by atoms with E-state index in [1.54, 1.807) is 60.7 Å². The molecule has 2 saturated carbocycles. The molecule has 2 aromatic rings. The molecule has 2 bridgehead atoms. The highest BCUT2D eigenvalue weighted by atomic mass is 16.8. The molecule has 3 N–H and O–H groups in total. The number of unbranched alkanes of at least 4 members (excludes halogenated alkanes) is 12. The third-order valence-corrected chi connectivity index (χ3v) is 17.8. The fourth-order valence-corrected chi connectivity index (χ4v) is 13.7. The van der Waals surface area contributed by atoms with E-state index < -0.39 is 94.4 Å². The van der Waals surface area contributed by atoms with Crippen LogP contribution in [0.2, 0.25) is 0 Å². The number of fused-ring (bicyclic) bond motifs is 5. The minimum Gasteiger partial charge on any atom is -0.455 e. The van der Waals surface area contributed by atoms with Crippen molar-refractivity contribution in [2.45, 2.75) is 207 Å². The summed E-state index contributed by atoms with van der Waals surface area (Å²) in [5.74, 6) is -3.46. The van der Waals surface area contributed by atoms with Crippen molar-refractivity contribution < 1.29 is 57.8 Å². The van der Waals surface area contributed by atoms with Crippen LogP contribution in [0.4, 0.5) is 4.79 Å². The number of amides is 1. The number of aliphatic hydroxyl groups is 2. The Kier molecular flexibility index (Phi) is 18.6. The summed E-state index contributed by atoms with van der Waals surface area (Å²) in [5.41, 5.74) is -2.22. The van der Waals surface area contributed by atoms with E-state index in [0.29, 0.717) is 35.3 Å². The summed E-state index contributed by atoms with van der Waals surface area (Å²) in [6.07, 6.45) is 11.2. The average molecular weight is 1000 g/mol. The first-order valence-corrected chi connectivity index (χ1v) is 27.4. The lowest BCUT2D eigenvalue weighted by atomic mass is 9.40. The highest BCUT2D eigenvalue weighted by Gasteiger charge is 2.72. The smallest absolute Gasteiger partial charge is 0.455 e. The minimum atomic E-state index is -1.77. The van der Waals surface area contributed by atoms with Gasteiger partial charge in [-0.2, -0.15) is 0 Å². The summed E-state index contributed by atoms with van der Waals surface area (Å²) >= 11 is 0. The SMILES string of the molecule is CCCCCCCCCCCCCCCC1OCC(COC(=O)O[C@@H](C(=O)O[C@H]2C[C@@]3(O)[C@@H](C)[C@@H]4[C@]5(C)CO[C@@H]5C[C@H](O)[C@@]4(C)C(=O)[C@H](C)C(=C2C)C3(C)C)[C@@H](NC(=O)c2ccccc2)c2ccccc2)O1. The Labute approximate surface area is 428 Å². The zero-order chi connectivity index (χ0) is 51.8. The van der Waals surface area contributed by atoms with Gasteiger partial charge in [0.1, 0.15) is 30.6 Å². The van der Waals surface area contributed by atoms with Gasteiger partial charge in [-0.25, -0.2) is 9.59 Å². The van der Waals surface area contributed by atoms with Crippen molar-refractivity contribution >= 4 is 23.8 Å². The summed E-state index contributed by atoms with van der Waals surface area (Å²) in [4.78, 5) is 57.9. The van der Waals surface area contributed by atoms with E-state index in [9.17, 15) is 19.8 Å². The number of carbonyl (C=O) groups excluding carboxylic acids is 4. The van der Waals surface area contributed by atoms with E-state index in [-0.39, 0.29) is 31.5 Å². The lowest BCUT2D eigenvalue weighted by Gasteiger charge is -2.68. The van der Waals surface area contributed by atoms with Crippen LogP contribution in [0.3, 0.4) is 0 Å². The van der Waals surface area contributed by atoms with Crippen molar-refractivity contribution in [2.75, 3.05) is 19.8 Å². The van der Waals surface area contributed by atoms with E-state index in [4.69, 9.17) is 28.4 Å². The number of ether oxygens (including phenoxy) is 6. The Morgan fingerprint density at radius 1 is 0.833 bits per heavy atom. The second-order valence-corrected chi connectivity index (χ2v) is 22.8. The second kappa shape index (κ2) is 24.0. The maximum atomic E-state index is 15.1. The minimum absolute atomic E-state index is 0.0452. The molecule has 0 spiro atoms. The van der Waals surface area contributed by atoms with Crippen LogP contribution in [0.1, 0.15) is 180 Å². The van der Waals surface area contributed by atoms with Crippen LogP contribution in [-0.4, -0.2) is 96.3 Å². The molecule has 72 heavy (non-hydrogen) atoms. The van der Waals surface area contributed by atoms with Crippen LogP contribution in [0.15, 0.2) is 71.8 Å². The van der Waals surface area contributed by atoms with Crippen molar-refractivity contribution in [1.29, 1.82) is 0 Å². The molecule has 13 heteroatoms. The van der Waals surface area contributed by atoms with Gasteiger partial charge in [-0.3, -0.25) is 9.59 Å².